The number of benzene rings is 2. The van der Waals surface area contributed by atoms with Gasteiger partial charge in [0.05, 0.1) is 11.1 Å². The molecule has 0 aliphatic carbocycles. The predicted molar refractivity (Wildman–Crippen MR) is 78.1 cm³/mol. The van der Waals surface area contributed by atoms with Crippen molar-refractivity contribution in [3.63, 3.8) is 0 Å². The van der Waals surface area contributed by atoms with Gasteiger partial charge in [0.25, 0.3) is 0 Å². The zero-order chi connectivity index (χ0) is 15.4. The first-order valence-corrected chi connectivity index (χ1v) is 5.68. The molecule has 0 fully saturated rings. The van der Waals surface area contributed by atoms with Gasteiger partial charge in [-0.2, -0.15) is 0 Å². The number of aromatic carboxylic acids is 2. The molecule has 2 N–H and O–H groups in total. The van der Waals surface area contributed by atoms with E-state index in [1.54, 1.807) is 60.7 Å². The summed E-state index contributed by atoms with van der Waals surface area (Å²) < 4.78 is 0. The smallest absolute Gasteiger partial charge is 0.335 e. The molecule has 0 radical (unpaired) electrons. The van der Waals surface area contributed by atoms with E-state index in [1.165, 1.54) is 0 Å². The summed E-state index contributed by atoms with van der Waals surface area (Å²) in [7, 11) is 0. The van der Waals surface area contributed by atoms with Crippen LogP contribution in [-0.4, -0.2) is 22.2 Å². The van der Waals surface area contributed by atoms with Crippen LogP contribution in [0.1, 0.15) is 20.7 Å². The Kier molecular flexibility index (Phi) is 8.63. The van der Waals surface area contributed by atoms with Gasteiger partial charge in [-0.25, -0.2) is 9.59 Å². The molecular weight excluding hydrogens is 256 g/mol. The van der Waals surface area contributed by atoms with Crippen molar-refractivity contribution in [1.82, 2.24) is 0 Å². The lowest BCUT2D eigenvalue weighted by Gasteiger charge is -1.88. The van der Waals surface area contributed by atoms with Crippen molar-refractivity contribution >= 4 is 11.9 Å². The maximum Gasteiger partial charge on any atom is 0.335 e. The van der Waals surface area contributed by atoms with Crippen molar-refractivity contribution in [2.24, 2.45) is 0 Å². The lowest BCUT2D eigenvalue weighted by molar-refractivity contribution is 0.0686. The molecule has 104 valence electrons. The van der Waals surface area contributed by atoms with Crippen LogP contribution in [0.4, 0.5) is 0 Å². The topological polar surface area (TPSA) is 74.6 Å². The quantitative estimate of drug-likeness (QED) is 0.819. The van der Waals surface area contributed by atoms with Crippen LogP contribution in [0.3, 0.4) is 0 Å². The Bertz CT molecular complexity index is 471. The van der Waals surface area contributed by atoms with E-state index in [0.717, 1.165) is 0 Å². The first-order valence-electron chi connectivity index (χ1n) is 5.68. The second-order valence-corrected chi connectivity index (χ2v) is 3.34. The third kappa shape index (κ3) is 6.76. The first-order chi connectivity index (χ1) is 9.61. The Morgan fingerprint density at radius 2 is 0.900 bits per heavy atom. The van der Waals surface area contributed by atoms with Gasteiger partial charge in [-0.3, -0.25) is 0 Å². The van der Waals surface area contributed by atoms with Crippen LogP contribution in [0, 0.1) is 0 Å². The SMILES string of the molecule is C=C.O=C(O)c1ccccc1.O=C(O)c1ccccc1. The summed E-state index contributed by atoms with van der Waals surface area (Å²) in [6.45, 7) is 6.00. The number of carboxylic acids is 2. The molecule has 0 bridgehead atoms. The third-order valence-corrected chi connectivity index (χ3v) is 2.04. The Morgan fingerprint density at radius 1 is 0.650 bits per heavy atom. The minimum Gasteiger partial charge on any atom is -0.478 e. The van der Waals surface area contributed by atoms with Crippen molar-refractivity contribution in [2.75, 3.05) is 0 Å². The highest BCUT2D eigenvalue weighted by Gasteiger charge is 1.97. The zero-order valence-electron chi connectivity index (χ0n) is 10.9. The summed E-state index contributed by atoms with van der Waals surface area (Å²) in [6, 6.07) is 16.6. The summed E-state index contributed by atoms with van der Waals surface area (Å²) in [5, 5.41) is 16.8. The average molecular weight is 272 g/mol. The molecule has 0 saturated heterocycles. The van der Waals surface area contributed by atoms with Crippen LogP contribution in [0.15, 0.2) is 73.8 Å². The summed E-state index contributed by atoms with van der Waals surface area (Å²) in [5.74, 6) is -1.76. The second-order valence-electron chi connectivity index (χ2n) is 3.34. The highest BCUT2D eigenvalue weighted by atomic mass is 16.4. The van der Waals surface area contributed by atoms with Crippen molar-refractivity contribution in [2.45, 2.75) is 0 Å². The first kappa shape index (κ1) is 17.1. The molecule has 0 aromatic heterocycles. The van der Waals surface area contributed by atoms with Gasteiger partial charge in [-0.1, -0.05) is 36.4 Å². The van der Waals surface area contributed by atoms with Crippen LogP contribution < -0.4 is 0 Å². The molecule has 4 heteroatoms. The molecule has 20 heavy (non-hydrogen) atoms. The number of hydrogen-bond acceptors (Lipinski definition) is 2. The van der Waals surface area contributed by atoms with Crippen molar-refractivity contribution in [1.29, 1.82) is 0 Å². The maximum absolute atomic E-state index is 10.2. The van der Waals surface area contributed by atoms with Gasteiger partial charge in [-0.15, -0.1) is 13.2 Å². The number of carboxylic acid groups (broad SMARTS) is 2. The molecule has 2 rings (SSSR count). The Hall–Kier alpha value is -2.88. The van der Waals surface area contributed by atoms with E-state index in [9.17, 15) is 9.59 Å². The predicted octanol–water partition coefficient (Wildman–Crippen LogP) is 3.57. The molecule has 0 heterocycles. The van der Waals surface area contributed by atoms with E-state index >= 15 is 0 Å². The van der Waals surface area contributed by atoms with E-state index in [1.807, 2.05) is 0 Å². The summed E-state index contributed by atoms with van der Waals surface area (Å²) in [4.78, 5) is 20.4. The molecule has 2 aromatic rings. The standard InChI is InChI=1S/2C7H6O2.C2H4/c2*8-7(9)6-4-2-1-3-5-6;1-2/h2*1-5H,(H,8,9);1-2H2. The van der Waals surface area contributed by atoms with Gasteiger partial charge >= 0.3 is 11.9 Å². The number of rotatable bonds is 2. The molecule has 0 atom stereocenters. The lowest BCUT2D eigenvalue weighted by atomic mass is 10.2. The van der Waals surface area contributed by atoms with E-state index in [4.69, 9.17) is 10.2 Å². The Labute approximate surface area is 117 Å². The lowest BCUT2D eigenvalue weighted by Crippen LogP contribution is -1.93. The zero-order valence-corrected chi connectivity index (χ0v) is 10.9. The monoisotopic (exact) mass is 272 g/mol. The maximum atomic E-state index is 10.2. The van der Waals surface area contributed by atoms with Gasteiger partial charge < -0.3 is 10.2 Å². The van der Waals surface area contributed by atoms with Crippen LogP contribution in [-0.2, 0) is 0 Å². The Morgan fingerprint density at radius 3 is 1.05 bits per heavy atom. The normalized spacial score (nSPS) is 8.20. The molecule has 0 amide bonds. The van der Waals surface area contributed by atoms with Crippen molar-refractivity contribution < 1.29 is 19.8 Å². The molecule has 0 spiro atoms. The minimum atomic E-state index is -0.879. The minimum absolute atomic E-state index is 0.331. The number of carbonyl (C=O) groups is 2. The average Bonchev–Trinajstić information content (AvgIpc) is 2.51. The second kappa shape index (κ2) is 10.1. The fourth-order valence-corrected chi connectivity index (χ4v) is 1.16. The molecular formula is C16H16O4. The molecule has 2 aromatic carbocycles. The largest absolute Gasteiger partial charge is 0.478 e. The van der Waals surface area contributed by atoms with E-state index in [0.29, 0.717) is 11.1 Å². The van der Waals surface area contributed by atoms with Crippen LogP contribution in [0.25, 0.3) is 0 Å². The van der Waals surface area contributed by atoms with Gasteiger partial charge in [0.15, 0.2) is 0 Å². The van der Waals surface area contributed by atoms with E-state index in [2.05, 4.69) is 13.2 Å². The Balaban J connectivity index is 0.000000321. The molecule has 0 aliphatic heterocycles. The van der Waals surface area contributed by atoms with Crippen LogP contribution >= 0.6 is 0 Å². The van der Waals surface area contributed by atoms with Gasteiger partial charge in [0.2, 0.25) is 0 Å². The third-order valence-electron chi connectivity index (χ3n) is 2.04. The van der Waals surface area contributed by atoms with Crippen molar-refractivity contribution in [3.05, 3.63) is 84.9 Å². The molecule has 0 unspecified atom stereocenters. The van der Waals surface area contributed by atoms with Crippen LogP contribution in [0.2, 0.25) is 0 Å². The van der Waals surface area contributed by atoms with E-state index in [-0.39, 0.29) is 0 Å². The molecule has 0 aliphatic rings. The summed E-state index contributed by atoms with van der Waals surface area (Å²) in [5.41, 5.74) is 0.662. The highest BCUT2D eigenvalue weighted by Crippen LogP contribution is 1.96. The van der Waals surface area contributed by atoms with Crippen LogP contribution in [0.5, 0.6) is 0 Å². The molecule has 4 nitrogen and oxygen atoms in total. The van der Waals surface area contributed by atoms with Gasteiger partial charge in [0.1, 0.15) is 0 Å². The fourth-order valence-electron chi connectivity index (χ4n) is 1.16. The van der Waals surface area contributed by atoms with E-state index < -0.39 is 11.9 Å². The van der Waals surface area contributed by atoms with Crippen molar-refractivity contribution in [3.8, 4) is 0 Å². The summed E-state index contributed by atoms with van der Waals surface area (Å²) in [6.07, 6.45) is 0. The summed E-state index contributed by atoms with van der Waals surface area (Å²) >= 11 is 0. The number of hydrogen-bond donors (Lipinski definition) is 2. The fraction of sp³-hybridized carbons (Fsp3) is 0. The van der Waals surface area contributed by atoms with Gasteiger partial charge in [0, 0.05) is 0 Å². The van der Waals surface area contributed by atoms with Gasteiger partial charge in [-0.05, 0) is 24.3 Å². The highest BCUT2D eigenvalue weighted by molar-refractivity contribution is 5.87. The molecule has 0 saturated carbocycles.